The second-order valence-corrected chi connectivity index (χ2v) is 7.97. The normalized spacial score (nSPS) is 13.5. The molecule has 0 aliphatic rings. The molecule has 1 rings (SSSR count). The van der Waals surface area contributed by atoms with Crippen LogP contribution in [0.3, 0.4) is 0 Å². The Morgan fingerprint density at radius 2 is 2.05 bits per heavy atom. The third-order valence-electron chi connectivity index (χ3n) is 3.53. The van der Waals surface area contributed by atoms with Gasteiger partial charge in [0.15, 0.2) is 0 Å². The quantitative estimate of drug-likeness (QED) is 0.812. The van der Waals surface area contributed by atoms with Gasteiger partial charge < -0.3 is 11.1 Å². The van der Waals surface area contributed by atoms with E-state index in [0.717, 1.165) is 24.3 Å². The fourth-order valence-electron chi connectivity index (χ4n) is 2.11. The summed E-state index contributed by atoms with van der Waals surface area (Å²) >= 11 is 1.50. The number of nitrogens with one attached hydrogen (secondary N) is 1. The average molecular weight is 311 g/mol. The van der Waals surface area contributed by atoms with Gasteiger partial charge in [0, 0.05) is 17.8 Å². The maximum atomic E-state index is 12.4. The molecule has 0 saturated heterocycles. The van der Waals surface area contributed by atoms with Crippen molar-refractivity contribution in [2.45, 2.75) is 59.9 Å². The monoisotopic (exact) mass is 311 g/mol. The van der Waals surface area contributed by atoms with Gasteiger partial charge in [-0.1, -0.05) is 34.6 Å². The van der Waals surface area contributed by atoms with Crippen LogP contribution in [0.25, 0.3) is 0 Å². The smallest absolute Gasteiger partial charge is 0.270 e. The predicted octanol–water partition coefficient (Wildman–Crippen LogP) is 3.23. The Balaban J connectivity index is 2.70. The van der Waals surface area contributed by atoms with Crippen molar-refractivity contribution < 1.29 is 4.79 Å². The summed E-state index contributed by atoms with van der Waals surface area (Å²) in [5.74, 6) is 0.570. The lowest BCUT2D eigenvalue weighted by molar-refractivity contribution is 0.0889. The van der Waals surface area contributed by atoms with E-state index in [9.17, 15) is 4.79 Å². The van der Waals surface area contributed by atoms with Crippen molar-refractivity contribution in [2.24, 2.45) is 17.1 Å². The summed E-state index contributed by atoms with van der Waals surface area (Å²) in [4.78, 5) is 16.7. The number of aromatic nitrogens is 1. The van der Waals surface area contributed by atoms with Gasteiger partial charge in [-0.15, -0.1) is 11.3 Å². The van der Waals surface area contributed by atoms with E-state index in [-0.39, 0.29) is 17.4 Å². The molecule has 1 aromatic rings. The molecular formula is C16H29N3OS. The molecule has 5 heteroatoms. The molecule has 0 bridgehead atoms. The molecule has 1 atom stereocenters. The first-order valence-electron chi connectivity index (χ1n) is 7.69. The van der Waals surface area contributed by atoms with Crippen LogP contribution in [0.2, 0.25) is 0 Å². The molecule has 1 heterocycles. The van der Waals surface area contributed by atoms with Crippen LogP contribution in [0.5, 0.6) is 0 Å². The second-order valence-electron chi connectivity index (χ2n) is 7.03. The van der Waals surface area contributed by atoms with Gasteiger partial charge in [-0.25, -0.2) is 4.98 Å². The van der Waals surface area contributed by atoms with Crippen LogP contribution >= 0.6 is 11.3 Å². The lowest BCUT2D eigenvalue weighted by Crippen LogP contribution is -2.44. The lowest BCUT2D eigenvalue weighted by atomic mass is 9.83. The maximum Gasteiger partial charge on any atom is 0.270 e. The third kappa shape index (κ3) is 6.14. The summed E-state index contributed by atoms with van der Waals surface area (Å²) in [5, 5.41) is 5.91. The van der Waals surface area contributed by atoms with Gasteiger partial charge in [0.1, 0.15) is 5.69 Å². The summed E-state index contributed by atoms with van der Waals surface area (Å²) in [6.45, 7) is 11.5. The minimum Gasteiger partial charge on any atom is -0.347 e. The largest absolute Gasteiger partial charge is 0.347 e. The molecule has 0 spiro atoms. The van der Waals surface area contributed by atoms with Crippen molar-refractivity contribution >= 4 is 17.2 Å². The molecule has 4 nitrogen and oxygen atoms in total. The van der Waals surface area contributed by atoms with Crippen molar-refractivity contribution in [1.82, 2.24) is 10.3 Å². The maximum absolute atomic E-state index is 12.4. The van der Waals surface area contributed by atoms with E-state index in [1.807, 2.05) is 5.38 Å². The standard InChI is InChI=1S/C16H29N3OS/c1-11(2)6-7-13(16(3,4)5)19-15(20)12-10-21-14(18-12)8-9-17/h10-11,13H,6-9,17H2,1-5H3,(H,19,20). The molecule has 0 aliphatic carbocycles. The zero-order valence-corrected chi connectivity index (χ0v) is 14.7. The van der Waals surface area contributed by atoms with Gasteiger partial charge in [-0.2, -0.15) is 0 Å². The minimum atomic E-state index is -0.0711. The van der Waals surface area contributed by atoms with Crippen LogP contribution in [0.15, 0.2) is 5.38 Å². The van der Waals surface area contributed by atoms with E-state index < -0.39 is 0 Å². The Labute approximate surface area is 132 Å². The van der Waals surface area contributed by atoms with E-state index in [0.29, 0.717) is 18.2 Å². The average Bonchev–Trinajstić information content (AvgIpc) is 2.81. The number of nitrogens with two attached hydrogens (primary N) is 1. The van der Waals surface area contributed by atoms with Crippen molar-refractivity contribution in [3.05, 3.63) is 16.1 Å². The molecule has 0 aromatic carbocycles. The molecule has 1 aromatic heterocycles. The molecule has 3 N–H and O–H groups in total. The van der Waals surface area contributed by atoms with Crippen LogP contribution in [0, 0.1) is 11.3 Å². The molecule has 21 heavy (non-hydrogen) atoms. The highest BCUT2D eigenvalue weighted by atomic mass is 32.1. The second kappa shape index (κ2) is 7.90. The van der Waals surface area contributed by atoms with Gasteiger partial charge in [-0.05, 0) is 30.7 Å². The van der Waals surface area contributed by atoms with Crippen molar-refractivity contribution in [1.29, 1.82) is 0 Å². The molecular weight excluding hydrogens is 282 g/mol. The van der Waals surface area contributed by atoms with Gasteiger partial charge in [0.05, 0.1) is 5.01 Å². The number of rotatable bonds is 7. The molecule has 0 radical (unpaired) electrons. The predicted molar refractivity (Wildman–Crippen MR) is 89.7 cm³/mol. The molecule has 0 saturated carbocycles. The first-order valence-corrected chi connectivity index (χ1v) is 8.57. The zero-order valence-electron chi connectivity index (χ0n) is 13.9. The summed E-state index contributed by atoms with van der Waals surface area (Å²) in [6, 6.07) is 0.159. The number of hydrogen-bond donors (Lipinski definition) is 2. The van der Waals surface area contributed by atoms with Gasteiger partial charge in [0.25, 0.3) is 5.91 Å². The summed E-state index contributed by atoms with van der Waals surface area (Å²) in [5.41, 5.74) is 6.08. The van der Waals surface area contributed by atoms with Crippen LogP contribution in [-0.4, -0.2) is 23.5 Å². The molecule has 1 unspecified atom stereocenters. The van der Waals surface area contributed by atoms with Gasteiger partial charge >= 0.3 is 0 Å². The highest BCUT2D eigenvalue weighted by Crippen LogP contribution is 2.25. The number of thiazole rings is 1. The van der Waals surface area contributed by atoms with Crippen molar-refractivity contribution in [3.63, 3.8) is 0 Å². The van der Waals surface area contributed by atoms with Crippen molar-refractivity contribution in [3.8, 4) is 0 Å². The Morgan fingerprint density at radius 1 is 1.38 bits per heavy atom. The molecule has 0 fully saturated rings. The molecule has 1 amide bonds. The highest BCUT2D eigenvalue weighted by molar-refractivity contribution is 7.09. The number of amides is 1. The van der Waals surface area contributed by atoms with E-state index in [1.165, 1.54) is 11.3 Å². The topological polar surface area (TPSA) is 68.0 Å². The van der Waals surface area contributed by atoms with E-state index in [2.05, 4.69) is 44.9 Å². The SMILES string of the molecule is CC(C)CCC(NC(=O)c1csc(CCN)n1)C(C)(C)C. The summed E-state index contributed by atoms with van der Waals surface area (Å²) < 4.78 is 0. The Hall–Kier alpha value is -0.940. The fraction of sp³-hybridized carbons (Fsp3) is 0.750. The first-order chi connectivity index (χ1) is 9.74. The first kappa shape index (κ1) is 18.1. The van der Waals surface area contributed by atoms with Crippen LogP contribution < -0.4 is 11.1 Å². The highest BCUT2D eigenvalue weighted by Gasteiger charge is 2.27. The van der Waals surface area contributed by atoms with E-state index in [1.54, 1.807) is 0 Å². The Kier molecular flexibility index (Phi) is 6.81. The van der Waals surface area contributed by atoms with E-state index >= 15 is 0 Å². The molecule has 120 valence electrons. The van der Waals surface area contributed by atoms with Crippen LogP contribution in [-0.2, 0) is 6.42 Å². The van der Waals surface area contributed by atoms with E-state index in [4.69, 9.17) is 5.73 Å². The summed E-state index contributed by atoms with van der Waals surface area (Å²) in [6.07, 6.45) is 2.83. The number of hydrogen-bond acceptors (Lipinski definition) is 4. The number of carbonyl (C=O) groups is 1. The van der Waals surface area contributed by atoms with Gasteiger partial charge in [0.2, 0.25) is 0 Å². The van der Waals surface area contributed by atoms with Crippen LogP contribution in [0.1, 0.15) is 63.0 Å². The molecule has 0 aliphatic heterocycles. The Bertz CT molecular complexity index is 449. The van der Waals surface area contributed by atoms with Gasteiger partial charge in [-0.3, -0.25) is 4.79 Å². The number of nitrogens with zero attached hydrogens (tertiary/aromatic N) is 1. The van der Waals surface area contributed by atoms with Crippen LogP contribution in [0.4, 0.5) is 0 Å². The fourth-order valence-corrected chi connectivity index (χ4v) is 2.90. The number of carbonyl (C=O) groups excluding carboxylic acids is 1. The zero-order chi connectivity index (χ0) is 16.0. The van der Waals surface area contributed by atoms with Crippen molar-refractivity contribution in [2.75, 3.05) is 6.54 Å². The lowest BCUT2D eigenvalue weighted by Gasteiger charge is -2.32. The summed E-state index contributed by atoms with van der Waals surface area (Å²) in [7, 11) is 0. The minimum absolute atomic E-state index is 0.0423. The Morgan fingerprint density at radius 3 is 2.57 bits per heavy atom. The third-order valence-corrected chi connectivity index (χ3v) is 4.43.